The van der Waals surface area contributed by atoms with Gasteiger partial charge in [0.15, 0.2) is 5.03 Å². The summed E-state index contributed by atoms with van der Waals surface area (Å²) in [6, 6.07) is 16.9. The summed E-state index contributed by atoms with van der Waals surface area (Å²) in [5, 5.41) is 11.1. The van der Waals surface area contributed by atoms with Gasteiger partial charge in [-0.2, -0.15) is 8.42 Å². The van der Waals surface area contributed by atoms with Crippen LogP contribution in [0.15, 0.2) is 83.5 Å². The zero-order valence-corrected chi connectivity index (χ0v) is 22.9. The number of imidazole rings is 1. The highest BCUT2D eigenvalue weighted by Crippen LogP contribution is 2.42. The van der Waals surface area contributed by atoms with E-state index in [4.69, 9.17) is 4.74 Å². The van der Waals surface area contributed by atoms with E-state index in [0.29, 0.717) is 30.5 Å². The minimum atomic E-state index is -3.87. The topological polar surface area (TPSA) is 111 Å². The number of nitrogens with one attached hydrogen (secondary N) is 1. The number of esters is 1. The number of carbonyl (C=O) groups excluding carboxylic acids is 1. The van der Waals surface area contributed by atoms with E-state index in [1.165, 1.54) is 12.5 Å². The molecule has 0 bridgehead atoms. The van der Waals surface area contributed by atoms with Gasteiger partial charge in [0.2, 0.25) is 0 Å². The van der Waals surface area contributed by atoms with Gasteiger partial charge in [0.05, 0.1) is 11.9 Å². The molecule has 0 radical (unpaired) electrons. The van der Waals surface area contributed by atoms with E-state index in [2.05, 4.69) is 9.71 Å². The molecule has 1 aliphatic rings. The number of rotatable bonds is 11. The number of sulfonamides is 1. The zero-order valence-electron chi connectivity index (χ0n) is 22.1. The molecule has 2 heterocycles. The lowest BCUT2D eigenvalue weighted by atomic mass is 9.80. The Morgan fingerprint density at radius 2 is 1.89 bits per heavy atom. The fraction of sp³-hybridized carbons (Fsp3) is 0.379. The summed E-state index contributed by atoms with van der Waals surface area (Å²) in [5.74, 6) is -0.911. The van der Waals surface area contributed by atoms with E-state index in [-0.39, 0.29) is 22.8 Å². The van der Waals surface area contributed by atoms with E-state index in [9.17, 15) is 18.3 Å². The average Bonchev–Trinajstić information content (AvgIpc) is 3.33. The number of aliphatic hydroxyl groups is 1. The number of hydrogen-bond donors (Lipinski definition) is 2. The third kappa shape index (κ3) is 6.10. The van der Waals surface area contributed by atoms with E-state index in [1.54, 1.807) is 29.8 Å². The molecule has 0 spiro atoms. The lowest BCUT2D eigenvalue weighted by Gasteiger charge is -2.38. The average molecular weight is 538 g/mol. The van der Waals surface area contributed by atoms with Crippen LogP contribution < -0.4 is 4.72 Å². The molecule has 0 aliphatic carbocycles. The Bertz CT molecular complexity index is 1410. The maximum absolute atomic E-state index is 13.4. The molecule has 3 aromatic rings. The van der Waals surface area contributed by atoms with Gasteiger partial charge in [-0.15, -0.1) is 0 Å². The smallest absolute Gasteiger partial charge is 0.338 e. The molecule has 0 fully saturated rings. The third-order valence-corrected chi connectivity index (χ3v) is 8.27. The van der Waals surface area contributed by atoms with Crippen molar-refractivity contribution in [3.63, 3.8) is 0 Å². The number of aryl methyl sites for hydroxylation is 2. The Morgan fingerprint density at radius 1 is 1.13 bits per heavy atom. The standard InChI is InChI=1S/C29H35N3O5S/c1-4-15-29(16-14-21-10-7-6-8-11-21)18-25(33)27(28(34)37-29)24(5-2)22-12-9-13-23(17-22)31-38(35,36)26-19-32(3)20-30-26/h6-13,17,19-20,24,31,33H,4-5,14-16,18H2,1-3H3/t24-,29-/m0/s1. The second kappa shape index (κ2) is 11.4. The van der Waals surface area contributed by atoms with Crippen molar-refractivity contribution < 1.29 is 23.1 Å². The maximum atomic E-state index is 13.4. The molecule has 2 N–H and O–H groups in total. The summed E-state index contributed by atoms with van der Waals surface area (Å²) in [6.07, 6.45) is 6.46. The number of benzene rings is 2. The fourth-order valence-electron chi connectivity index (χ4n) is 5.19. The molecule has 2 aromatic carbocycles. The molecule has 9 heteroatoms. The Kier molecular flexibility index (Phi) is 8.26. The summed E-state index contributed by atoms with van der Waals surface area (Å²) in [6.45, 7) is 3.97. The first-order valence-corrected chi connectivity index (χ1v) is 14.4. The number of anilines is 1. The molecular weight excluding hydrogens is 502 g/mol. The molecule has 2 atom stereocenters. The first-order chi connectivity index (χ1) is 18.2. The first kappa shape index (κ1) is 27.4. The molecule has 1 aromatic heterocycles. The molecule has 0 unspecified atom stereocenters. The van der Waals surface area contributed by atoms with Crippen LogP contribution in [0.25, 0.3) is 0 Å². The van der Waals surface area contributed by atoms with Crippen molar-refractivity contribution >= 4 is 21.7 Å². The first-order valence-electron chi connectivity index (χ1n) is 13.0. The van der Waals surface area contributed by atoms with Gasteiger partial charge < -0.3 is 14.4 Å². The minimum absolute atomic E-state index is 0.0501. The van der Waals surface area contributed by atoms with E-state index in [0.717, 1.165) is 18.4 Å². The molecule has 38 heavy (non-hydrogen) atoms. The van der Waals surface area contributed by atoms with Crippen molar-refractivity contribution in [1.29, 1.82) is 0 Å². The predicted octanol–water partition coefficient (Wildman–Crippen LogP) is 5.65. The normalized spacial score (nSPS) is 18.8. The van der Waals surface area contributed by atoms with Gasteiger partial charge in [-0.3, -0.25) is 4.72 Å². The van der Waals surface area contributed by atoms with Crippen LogP contribution in [0, 0.1) is 0 Å². The summed E-state index contributed by atoms with van der Waals surface area (Å²) >= 11 is 0. The summed E-state index contributed by atoms with van der Waals surface area (Å²) in [4.78, 5) is 17.3. The van der Waals surface area contributed by atoms with Crippen LogP contribution >= 0.6 is 0 Å². The Labute approximate surface area is 224 Å². The second-order valence-electron chi connectivity index (χ2n) is 9.91. The van der Waals surface area contributed by atoms with Crippen LogP contribution in [0.4, 0.5) is 5.69 Å². The Morgan fingerprint density at radius 3 is 2.53 bits per heavy atom. The van der Waals surface area contributed by atoms with Crippen LogP contribution in [-0.4, -0.2) is 34.6 Å². The van der Waals surface area contributed by atoms with Crippen molar-refractivity contribution in [2.45, 2.75) is 68.9 Å². The monoisotopic (exact) mass is 537 g/mol. The zero-order chi connectivity index (χ0) is 27.3. The molecule has 0 amide bonds. The van der Waals surface area contributed by atoms with Crippen LogP contribution in [0.3, 0.4) is 0 Å². The predicted molar refractivity (Wildman–Crippen MR) is 146 cm³/mol. The number of nitrogens with zero attached hydrogens (tertiary/aromatic N) is 2. The highest BCUT2D eigenvalue weighted by molar-refractivity contribution is 7.92. The van der Waals surface area contributed by atoms with Gasteiger partial charge in [-0.05, 0) is 48.9 Å². The quantitative estimate of drug-likeness (QED) is 0.306. The third-order valence-electron chi connectivity index (χ3n) is 7.00. The summed E-state index contributed by atoms with van der Waals surface area (Å²) in [5.41, 5.74) is 1.69. The Hall–Kier alpha value is -3.59. The molecule has 4 rings (SSSR count). The van der Waals surface area contributed by atoms with Crippen LogP contribution in [0.5, 0.6) is 0 Å². The van der Waals surface area contributed by atoms with Crippen molar-refractivity contribution in [1.82, 2.24) is 9.55 Å². The van der Waals surface area contributed by atoms with Gasteiger partial charge in [0.1, 0.15) is 11.4 Å². The van der Waals surface area contributed by atoms with Crippen LogP contribution in [0.2, 0.25) is 0 Å². The molecule has 202 valence electrons. The number of ether oxygens (including phenoxy) is 1. The lowest BCUT2D eigenvalue weighted by Crippen LogP contribution is -2.41. The summed E-state index contributed by atoms with van der Waals surface area (Å²) < 4.78 is 35.7. The highest BCUT2D eigenvalue weighted by atomic mass is 32.2. The lowest BCUT2D eigenvalue weighted by molar-refractivity contribution is -0.161. The van der Waals surface area contributed by atoms with Gasteiger partial charge in [-0.1, -0.05) is 62.7 Å². The van der Waals surface area contributed by atoms with Gasteiger partial charge in [0.25, 0.3) is 10.0 Å². The van der Waals surface area contributed by atoms with Crippen LogP contribution in [-0.2, 0) is 33.0 Å². The van der Waals surface area contributed by atoms with Crippen molar-refractivity contribution in [3.8, 4) is 0 Å². The number of cyclic esters (lactones) is 1. The van der Waals surface area contributed by atoms with Gasteiger partial charge in [-0.25, -0.2) is 9.78 Å². The molecule has 0 saturated carbocycles. The van der Waals surface area contributed by atoms with Crippen molar-refractivity contribution in [2.24, 2.45) is 7.05 Å². The maximum Gasteiger partial charge on any atom is 0.338 e. The number of hydrogen-bond acceptors (Lipinski definition) is 6. The highest BCUT2D eigenvalue weighted by Gasteiger charge is 2.43. The van der Waals surface area contributed by atoms with Crippen molar-refractivity contribution in [3.05, 3.63) is 89.6 Å². The largest absolute Gasteiger partial charge is 0.512 e. The molecule has 8 nitrogen and oxygen atoms in total. The SMILES string of the molecule is CCC[C@]1(CCc2ccccc2)CC(O)=C([C@@H](CC)c2cccc(NS(=O)(=O)c3cn(C)cn3)c2)C(=O)O1. The number of aliphatic hydroxyl groups excluding tert-OH is 1. The van der Waals surface area contributed by atoms with Crippen LogP contribution in [0.1, 0.15) is 63.0 Å². The van der Waals surface area contributed by atoms with Crippen molar-refractivity contribution in [2.75, 3.05) is 4.72 Å². The van der Waals surface area contributed by atoms with Gasteiger partial charge in [0, 0.05) is 31.3 Å². The number of aromatic nitrogens is 2. The second-order valence-corrected chi connectivity index (χ2v) is 11.5. The molecule has 0 saturated heterocycles. The van der Waals surface area contributed by atoms with E-state index in [1.807, 2.05) is 50.2 Å². The summed E-state index contributed by atoms with van der Waals surface area (Å²) in [7, 11) is -2.18. The fourth-order valence-corrected chi connectivity index (χ4v) is 6.22. The van der Waals surface area contributed by atoms with E-state index < -0.39 is 27.5 Å². The molecular formula is C29H35N3O5S. The van der Waals surface area contributed by atoms with Gasteiger partial charge >= 0.3 is 5.97 Å². The molecule has 1 aliphatic heterocycles. The van der Waals surface area contributed by atoms with E-state index >= 15 is 0 Å². The number of carbonyl (C=O) groups is 1. The minimum Gasteiger partial charge on any atom is -0.512 e. The Balaban J connectivity index is 1.58.